The number of carbonyl (C=O) groups is 1. The van der Waals surface area contributed by atoms with Crippen LogP contribution in [0.3, 0.4) is 0 Å². The third-order valence-corrected chi connectivity index (χ3v) is 3.46. The van der Waals surface area contributed by atoms with E-state index in [0.717, 1.165) is 12.8 Å². The number of alkyl carbamates (subject to hydrolysis) is 1. The Hall–Kier alpha value is -0.730. The van der Waals surface area contributed by atoms with Gasteiger partial charge in [-0.2, -0.15) is 0 Å². The van der Waals surface area contributed by atoms with Crippen LogP contribution in [0.25, 0.3) is 0 Å². The van der Waals surface area contributed by atoms with Gasteiger partial charge in [0.15, 0.2) is 0 Å². The number of nitrogens with one attached hydrogen (secondary N) is 1. The zero-order chi connectivity index (χ0) is 12.1. The highest BCUT2D eigenvalue weighted by molar-refractivity contribution is 5.66. The van der Waals surface area contributed by atoms with Crippen molar-refractivity contribution in [2.24, 2.45) is 10.8 Å². The predicted molar refractivity (Wildman–Crippen MR) is 62.9 cm³/mol. The Morgan fingerprint density at radius 2 is 1.73 bits per heavy atom. The topological polar surface area (TPSA) is 38.3 Å². The number of carbonyl (C=O) groups excluding carboxylic acids is 1. The third-order valence-electron chi connectivity index (χ3n) is 3.46. The van der Waals surface area contributed by atoms with E-state index in [4.69, 9.17) is 0 Å². The molecular weight excluding hydrogens is 190 g/mol. The Kier molecular flexibility index (Phi) is 5.12. The molecule has 3 nitrogen and oxygen atoms in total. The minimum atomic E-state index is -0.344. The monoisotopic (exact) mass is 215 g/mol. The van der Waals surface area contributed by atoms with E-state index in [1.807, 2.05) is 0 Å². The molecule has 0 aliphatic rings. The van der Waals surface area contributed by atoms with E-state index in [9.17, 15) is 4.79 Å². The molecule has 0 unspecified atom stereocenters. The normalized spacial score (nSPS) is 12.4. The van der Waals surface area contributed by atoms with Crippen LogP contribution < -0.4 is 5.32 Å². The predicted octanol–water partition coefficient (Wildman–Crippen LogP) is 3.19. The molecule has 0 bridgehead atoms. The molecule has 1 N–H and O–H groups in total. The molecule has 0 saturated carbocycles. The number of hydrogen-bond acceptors (Lipinski definition) is 2. The molecule has 3 heteroatoms. The second-order valence-corrected chi connectivity index (χ2v) is 5.66. The number of amides is 1. The summed E-state index contributed by atoms with van der Waals surface area (Å²) < 4.78 is 4.50. The van der Waals surface area contributed by atoms with E-state index < -0.39 is 0 Å². The second kappa shape index (κ2) is 5.38. The lowest BCUT2D eigenvalue weighted by Gasteiger charge is -2.39. The quantitative estimate of drug-likeness (QED) is 0.731. The highest BCUT2D eigenvalue weighted by atomic mass is 16.5. The van der Waals surface area contributed by atoms with Crippen molar-refractivity contribution >= 4 is 6.09 Å². The maximum atomic E-state index is 10.8. The summed E-state index contributed by atoms with van der Waals surface area (Å²) in [5.41, 5.74) is 0.572. The molecule has 0 aromatic rings. The zero-order valence-corrected chi connectivity index (χ0v) is 10.9. The molecule has 0 aromatic carbocycles. The standard InChI is InChI=1S/C12H25NO2/c1-11(2,3)12(4,5)8-7-9-13-10(14)15-6/h7-9H2,1-6H3,(H,13,14). The number of hydrogen-bond donors (Lipinski definition) is 1. The summed E-state index contributed by atoms with van der Waals surface area (Å²) in [4.78, 5) is 10.8. The summed E-state index contributed by atoms with van der Waals surface area (Å²) in [7, 11) is 1.38. The van der Waals surface area contributed by atoms with E-state index in [1.165, 1.54) is 7.11 Å². The van der Waals surface area contributed by atoms with Crippen LogP contribution in [0.1, 0.15) is 47.5 Å². The van der Waals surface area contributed by atoms with Gasteiger partial charge in [0.05, 0.1) is 7.11 Å². The largest absolute Gasteiger partial charge is 0.453 e. The van der Waals surface area contributed by atoms with Gasteiger partial charge in [-0.25, -0.2) is 4.79 Å². The van der Waals surface area contributed by atoms with Gasteiger partial charge in [-0.05, 0) is 23.7 Å². The van der Waals surface area contributed by atoms with Gasteiger partial charge >= 0.3 is 6.09 Å². The summed E-state index contributed by atoms with van der Waals surface area (Å²) in [5, 5.41) is 2.70. The van der Waals surface area contributed by atoms with Gasteiger partial charge in [0, 0.05) is 6.54 Å². The molecule has 0 aliphatic heterocycles. The fourth-order valence-electron chi connectivity index (χ4n) is 1.17. The van der Waals surface area contributed by atoms with Crippen molar-refractivity contribution in [3.05, 3.63) is 0 Å². The average molecular weight is 215 g/mol. The molecule has 90 valence electrons. The maximum Gasteiger partial charge on any atom is 0.406 e. The Morgan fingerprint density at radius 1 is 1.20 bits per heavy atom. The first kappa shape index (κ1) is 14.3. The minimum Gasteiger partial charge on any atom is -0.453 e. The SMILES string of the molecule is COC(=O)NCCCC(C)(C)C(C)(C)C. The van der Waals surface area contributed by atoms with Crippen LogP contribution in [0.2, 0.25) is 0 Å². The summed E-state index contributed by atoms with van der Waals surface area (Å²) in [6.45, 7) is 12.0. The number of rotatable bonds is 4. The van der Waals surface area contributed by atoms with Crippen LogP contribution in [-0.2, 0) is 4.74 Å². The number of ether oxygens (including phenoxy) is 1. The van der Waals surface area contributed by atoms with Crippen molar-refractivity contribution in [2.75, 3.05) is 13.7 Å². The van der Waals surface area contributed by atoms with Crippen molar-refractivity contribution in [1.82, 2.24) is 5.32 Å². The second-order valence-electron chi connectivity index (χ2n) is 5.66. The Bertz CT molecular complexity index is 204. The lowest BCUT2D eigenvalue weighted by Crippen LogP contribution is -2.31. The van der Waals surface area contributed by atoms with Crippen molar-refractivity contribution in [3.63, 3.8) is 0 Å². The molecule has 0 radical (unpaired) electrons. The molecule has 0 rings (SSSR count). The molecule has 0 spiro atoms. The van der Waals surface area contributed by atoms with Crippen molar-refractivity contribution < 1.29 is 9.53 Å². The Labute approximate surface area is 93.6 Å². The molecule has 0 aliphatic carbocycles. The van der Waals surface area contributed by atoms with Crippen LogP contribution in [0.4, 0.5) is 4.79 Å². The first-order valence-corrected chi connectivity index (χ1v) is 5.52. The lowest BCUT2D eigenvalue weighted by molar-refractivity contribution is 0.116. The third kappa shape index (κ3) is 5.05. The van der Waals surface area contributed by atoms with Crippen molar-refractivity contribution in [2.45, 2.75) is 47.5 Å². The zero-order valence-electron chi connectivity index (χ0n) is 10.9. The molecule has 1 amide bonds. The van der Waals surface area contributed by atoms with Gasteiger partial charge in [-0.15, -0.1) is 0 Å². The van der Waals surface area contributed by atoms with Gasteiger partial charge in [0.1, 0.15) is 0 Å². The summed E-state index contributed by atoms with van der Waals surface area (Å²) in [5.74, 6) is 0. The molecule has 15 heavy (non-hydrogen) atoms. The average Bonchev–Trinajstić information content (AvgIpc) is 2.10. The fourth-order valence-corrected chi connectivity index (χ4v) is 1.17. The van der Waals surface area contributed by atoms with E-state index in [0.29, 0.717) is 6.54 Å². The molecular formula is C12H25NO2. The van der Waals surface area contributed by atoms with Gasteiger partial charge in [0.2, 0.25) is 0 Å². The van der Waals surface area contributed by atoms with E-state index >= 15 is 0 Å². The minimum absolute atomic E-state index is 0.283. The smallest absolute Gasteiger partial charge is 0.406 e. The molecule has 0 fully saturated rings. The summed E-state index contributed by atoms with van der Waals surface area (Å²) in [6, 6.07) is 0. The fraction of sp³-hybridized carbons (Fsp3) is 0.917. The van der Waals surface area contributed by atoms with Crippen LogP contribution in [0, 0.1) is 10.8 Å². The molecule has 0 heterocycles. The van der Waals surface area contributed by atoms with Crippen molar-refractivity contribution in [3.8, 4) is 0 Å². The highest BCUT2D eigenvalue weighted by Gasteiger charge is 2.31. The first-order chi connectivity index (χ1) is 6.70. The first-order valence-electron chi connectivity index (χ1n) is 5.52. The summed E-state index contributed by atoms with van der Waals surface area (Å²) >= 11 is 0. The molecule has 0 saturated heterocycles. The molecule has 0 atom stereocenters. The van der Waals surface area contributed by atoms with E-state index in [2.05, 4.69) is 44.7 Å². The lowest BCUT2D eigenvalue weighted by atomic mass is 9.67. The Morgan fingerprint density at radius 3 is 2.13 bits per heavy atom. The Balaban J connectivity index is 3.82. The van der Waals surface area contributed by atoms with Gasteiger partial charge in [-0.1, -0.05) is 34.6 Å². The highest BCUT2D eigenvalue weighted by Crippen LogP contribution is 2.41. The van der Waals surface area contributed by atoms with Gasteiger partial charge in [0.25, 0.3) is 0 Å². The van der Waals surface area contributed by atoms with Crippen LogP contribution in [0.5, 0.6) is 0 Å². The van der Waals surface area contributed by atoms with Crippen LogP contribution >= 0.6 is 0 Å². The van der Waals surface area contributed by atoms with Gasteiger partial charge in [-0.3, -0.25) is 0 Å². The van der Waals surface area contributed by atoms with E-state index in [-0.39, 0.29) is 16.9 Å². The summed E-state index contributed by atoms with van der Waals surface area (Å²) in [6.07, 6.45) is 1.74. The maximum absolute atomic E-state index is 10.8. The van der Waals surface area contributed by atoms with Crippen molar-refractivity contribution in [1.29, 1.82) is 0 Å². The van der Waals surface area contributed by atoms with Crippen LogP contribution in [0.15, 0.2) is 0 Å². The van der Waals surface area contributed by atoms with E-state index in [1.54, 1.807) is 0 Å². The molecule has 0 aromatic heterocycles. The van der Waals surface area contributed by atoms with Crippen LogP contribution in [-0.4, -0.2) is 19.7 Å². The van der Waals surface area contributed by atoms with Gasteiger partial charge < -0.3 is 10.1 Å². The number of methoxy groups -OCH3 is 1.